The zero-order chi connectivity index (χ0) is 31.1. The Balaban J connectivity index is 1.31. The number of halogens is 2. The van der Waals surface area contributed by atoms with E-state index < -0.39 is 11.2 Å². The average Bonchev–Trinajstić information content (AvgIpc) is 3.33. The van der Waals surface area contributed by atoms with Crippen LogP contribution in [0.5, 0.6) is 5.75 Å². The SMILES string of the molecule is CN(C(=O)CNC(=O)OCc1ccccc1)N1c2ccc(OCc3ccccc3Cl)cc2SC1(C)OCc1ccccc1Cl. The zero-order valence-corrected chi connectivity index (χ0v) is 26.5. The summed E-state index contributed by atoms with van der Waals surface area (Å²) in [6, 6.07) is 29.9. The molecule has 228 valence electrons. The highest BCUT2D eigenvalue weighted by Gasteiger charge is 2.46. The number of alkyl carbamates (subject to hydrolysis) is 1. The van der Waals surface area contributed by atoms with E-state index in [0.29, 0.717) is 22.4 Å². The van der Waals surface area contributed by atoms with E-state index in [4.69, 9.17) is 37.4 Å². The third-order valence-electron chi connectivity index (χ3n) is 6.91. The van der Waals surface area contributed by atoms with Crippen molar-refractivity contribution in [2.24, 2.45) is 0 Å². The molecule has 8 nitrogen and oxygen atoms in total. The molecule has 1 atom stereocenters. The molecule has 0 aliphatic carbocycles. The second-order valence-electron chi connectivity index (χ2n) is 10.0. The Morgan fingerprint density at radius 1 is 0.864 bits per heavy atom. The number of hydrazine groups is 1. The van der Waals surface area contributed by atoms with Gasteiger partial charge in [0.2, 0.25) is 5.06 Å². The maximum Gasteiger partial charge on any atom is 0.407 e. The van der Waals surface area contributed by atoms with Gasteiger partial charge in [-0.25, -0.2) is 9.80 Å². The van der Waals surface area contributed by atoms with Crippen LogP contribution in [0, 0.1) is 0 Å². The van der Waals surface area contributed by atoms with Crippen LogP contribution in [0.2, 0.25) is 10.0 Å². The Morgan fingerprint density at radius 3 is 2.18 bits per heavy atom. The number of likely N-dealkylation sites (N-methyl/N-ethyl adjacent to an activating group) is 1. The van der Waals surface area contributed by atoms with E-state index in [1.54, 1.807) is 18.1 Å². The number of thioether (sulfide) groups is 1. The van der Waals surface area contributed by atoms with E-state index in [0.717, 1.165) is 27.3 Å². The fraction of sp³-hybridized carbons (Fsp3) is 0.212. The van der Waals surface area contributed by atoms with Gasteiger partial charge in [-0.15, -0.1) is 0 Å². The molecule has 0 bridgehead atoms. The van der Waals surface area contributed by atoms with Gasteiger partial charge in [0.15, 0.2) is 0 Å². The number of anilines is 1. The maximum absolute atomic E-state index is 13.4. The van der Waals surface area contributed by atoms with Crippen LogP contribution in [-0.2, 0) is 34.1 Å². The van der Waals surface area contributed by atoms with Gasteiger partial charge in [0.25, 0.3) is 5.91 Å². The van der Waals surface area contributed by atoms with E-state index >= 15 is 0 Å². The molecular weight excluding hydrogens is 621 g/mol. The Labute approximate surface area is 270 Å². The van der Waals surface area contributed by atoms with Crippen LogP contribution in [0.3, 0.4) is 0 Å². The minimum absolute atomic E-state index is 0.0989. The highest BCUT2D eigenvalue weighted by molar-refractivity contribution is 8.01. The van der Waals surface area contributed by atoms with Crippen LogP contribution in [0.1, 0.15) is 23.6 Å². The largest absolute Gasteiger partial charge is 0.489 e. The minimum Gasteiger partial charge on any atom is -0.489 e. The summed E-state index contributed by atoms with van der Waals surface area (Å²) < 4.78 is 17.8. The van der Waals surface area contributed by atoms with Crippen molar-refractivity contribution >= 4 is 52.7 Å². The Morgan fingerprint density at radius 2 is 1.50 bits per heavy atom. The molecule has 2 amide bonds. The van der Waals surface area contributed by atoms with Gasteiger partial charge < -0.3 is 19.5 Å². The molecule has 0 spiro atoms. The molecule has 0 radical (unpaired) electrons. The zero-order valence-electron chi connectivity index (χ0n) is 24.2. The minimum atomic E-state index is -1.04. The number of hydrogen-bond acceptors (Lipinski definition) is 7. The van der Waals surface area contributed by atoms with Crippen LogP contribution in [0.4, 0.5) is 10.5 Å². The normalized spacial score (nSPS) is 15.4. The number of nitrogens with one attached hydrogen (secondary N) is 1. The summed E-state index contributed by atoms with van der Waals surface area (Å²) in [5, 5.41) is 5.92. The first-order valence-corrected chi connectivity index (χ1v) is 15.4. The molecule has 4 aromatic rings. The van der Waals surface area contributed by atoms with Gasteiger partial charge >= 0.3 is 6.09 Å². The number of rotatable bonds is 11. The Bertz CT molecular complexity index is 1630. The molecule has 4 aromatic carbocycles. The third-order valence-corrected chi connectivity index (χ3v) is 8.86. The van der Waals surface area contributed by atoms with E-state index in [1.165, 1.54) is 16.8 Å². The van der Waals surface area contributed by atoms with Crippen molar-refractivity contribution in [1.82, 2.24) is 10.3 Å². The van der Waals surface area contributed by atoms with Crippen molar-refractivity contribution < 1.29 is 23.8 Å². The van der Waals surface area contributed by atoms with Gasteiger partial charge in [0.05, 0.1) is 12.3 Å². The van der Waals surface area contributed by atoms with Crippen molar-refractivity contribution in [3.05, 3.63) is 124 Å². The third kappa shape index (κ3) is 7.60. The number of carbonyl (C=O) groups excluding carboxylic acids is 2. The summed E-state index contributed by atoms with van der Waals surface area (Å²) >= 11 is 14.1. The van der Waals surface area contributed by atoms with Crippen molar-refractivity contribution in [2.45, 2.75) is 36.7 Å². The number of hydrogen-bond donors (Lipinski definition) is 1. The molecule has 1 aliphatic rings. The molecular formula is C33H31Cl2N3O5S. The predicted molar refractivity (Wildman–Crippen MR) is 173 cm³/mol. The van der Waals surface area contributed by atoms with Crippen LogP contribution in [0.15, 0.2) is 102 Å². The quantitative estimate of drug-likeness (QED) is 0.178. The standard InChI is InChI=1S/C33H31Cl2N3O5S/c1-33(43-22-25-13-7-9-15-28(25)35)38(37(2)31(39)19-36-32(40)42-20-23-10-4-3-5-11-23)29-17-16-26(18-30(29)44-33)41-21-24-12-6-8-14-27(24)34/h3-18H,19-22H2,1-2H3,(H,36,40). The van der Waals surface area contributed by atoms with E-state index in [-0.39, 0.29) is 25.7 Å². The molecule has 1 unspecified atom stereocenters. The van der Waals surface area contributed by atoms with Crippen LogP contribution < -0.4 is 15.1 Å². The number of ether oxygens (including phenoxy) is 3. The van der Waals surface area contributed by atoms with E-state index in [1.807, 2.05) is 97.9 Å². The number of amides is 2. The van der Waals surface area contributed by atoms with Crippen molar-refractivity contribution in [3.8, 4) is 5.75 Å². The fourth-order valence-corrected chi connectivity index (χ4v) is 6.23. The van der Waals surface area contributed by atoms with Gasteiger partial charge in [-0.05, 0) is 48.4 Å². The lowest BCUT2D eigenvalue weighted by atomic mass is 10.2. The average molecular weight is 653 g/mol. The van der Waals surface area contributed by atoms with Crippen molar-refractivity contribution in [3.63, 3.8) is 0 Å². The number of fused-ring (bicyclic) bond motifs is 1. The lowest BCUT2D eigenvalue weighted by molar-refractivity contribution is -0.132. The summed E-state index contributed by atoms with van der Waals surface area (Å²) in [7, 11) is 1.63. The monoisotopic (exact) mass is 651 g/mol. The van der Waals surface area contributed by atoms with Gasteiger partial charge in [0.1, 0.15) is 25.5 Å². The Hall–Kier alpha value is -3.89. The molecule has 0 fully saturated rings. The molecule has 0 saturated heterocycles. The van der Waals surface area contributed by atoms with Crippen LogP contribution in [-0.4, -0.2) is 35.7 Å². The highest BCUT2D eigenvalue weighted by atomic mass is 35.5. The first-order valence-electron chi connectivity index (χ1n) is 13.8. The topological polar surface area (TPSA) is 80.3 Å². The molecule has 44 heavy (non-hydrogen) atoms. The van der Waals surface area contributed by atoms with Gasteiger partial charge in [0, 0.05) is 27.6 Å². The van der Waals surface area contributed by atoms with Gasteiger partial charge in [-0.1, -0.05) is 102 Å². The molecule has 11 heteroatoms. The predicted octanol–water partition coefficient (Wildman–Crippen LogP) is 7.67. The van der Waals surface area contributed by atoms with Crippen LogP contribution in [0.25, 0.3) is 0 Å². The molecule has 1 heterocycles. The second kappa shape index (κ2) is 14.3. The fourth-order valence-electron chi connectivity index (χ4n) is 4.58. The van der Waals surface area contributed by atoms with E-state index in [9.17, 15) is 9.59 Å². The summed E-state index contributed by atoms with van der Waals surface area (Å²) in [6.07, 6.45) is -0.690. The lowest BCUT2D eigenvalue weighted by Crippen LogP contribution is -2.56. The molecule has 1 N–H and O–H groups in total. The van der Waals surface area contributed by atoms with Crippen molar-refractivity contribution in [2.75, 3.05) is 18.6 Å². The highest BCUT2D eigenvalue weighted by Crippen LogP contribution is 2.52. The number of benzene rings is 4. The number of nitrogens with zero attached hydrogens (tertiary/aromatic N) is 2. The van der Waals surface area contributed by atoms with Crippen molar-refractivity contribution in [1.29, 1.82) is 0 Å². The molecule has 5 rings (SSSR count). The molecule has 1 aliphatic heterocycles. The summed E-state index contributed by atoms with van der Waals surface area (Å²) in [6.45, 7) is 2.21. The smallest absolute Gasteiger partial charge is 0.407 e. The first kappa shape index (κ1) is 31.5. The lowest BCUT2D eigenvalue weighted by Gasteiger charge is -2.41. The molecule has 0 saturated carbocycles. The second-order valence-corrected chi connectivity index (χ2v) is 12.2. The summed E-state index contributed by atoms with van der Waals surface area (Å²) in [4.78, 5) is 26.6. The number of carbonyl (C=O) groups is 2. The van der Waals surface area contributed by atoms with E-state index in [2.05, 4.69) is 5.32 Å². The van der Waals surface area contributed by atoms with Gasteiger partial charge in [-0.3, -0.25) is 9.80 Å². The Kier molecular flexibility index (Phi) is 10.2. The molecule has 0 aromatic heterocycles. The maximum atomic E-state index is 13.4. The summed E-state index contributed by atoms with van der Waals surface area (Å²) in [5.41, 5.74) is 3.27. The van der Waals surface area contributed by atoms with Gasteiger partial charge in [-0.2, -0.15) is 0 Å². The van der Waals surface area contributed by atoms with Crippen LogP contribution >= 0.6 is 35.0 Å². The first-order chi connectivity index (χ1) is 21.2. The summed E-state index contributed by atoms with van der Waals surface area (Å²) in [5.74, 6) is 0.269.